The van der Waals surface area contributed by atoms with Gasteiger partial charge in [-0.15, -0.1) is 0 Å². The van der Waals surface area contributed by atoms with Crippen molar-refractivity contribution < 1.29 is 9.72 Å². The van der Waals surface area contributed by atoms with Crippen LogP contribution in [0.15, 0.2) is 12.1 Å². The second-order valence-corrected chi connectivity index (χ2v) is 5.97. The molecule has 1 saturated heterocycles. The summed E-state index contributed by atoms with van der Waals surface area (Å²) in [4.78, 5) is 31.0. The molecule has 0 radical (unpaired) electrons. The van der Waals surface area contributed by atoms with Crippen molar-refractivity contribution in [1.82, 2.24) is 9.88 Å². The fourth-order valence-electron chi connectivity index (χ4n) is 2.86. The van der Waals surface area contributed by atoms with Gasteiger partial charge >= 0.3 is 0 Å². The van der Waals surface area contributed by atoms with E-state index in [1.165, 1.54) is 6.07 Å². The highest BCUT2D eigenvalue weighted by Gasteiger charge is 2.34. The molecule has 7 nitrogen and oxygen atoms in total. The van der Waals surface area contributed by atoms with Crippen LogP contribution < -0.4 is 4.90 Å². The van der Waals surface area contributed by atoms with Gasteiger partial charge < -0.3 is 9.80 Å². The van der Waals surface area contributed by atoms with Gasteiger partial charge in [0, 0.05) is 38.2 Å². The minimum absolute atomic E-state index is 0.0455. The Balaban J connectivity index is 1.69. The zero-order valence-electron chi connectivity index (χ0n) is 12.7. The molecule has 7 heteroatoms. The molecule has 118 valence electrons. The Hall–Kier alpha value is -2.18. The van der Waals surface area contributed by atoms with Gasteiger partial charge in [0.2, 0.25) is 5.91 Å². The van der Waals surface area contributed by atoms with Gasteiger partial charge in [-0.3, -0.25) is 14.9 Å². The molecule has 1 saturated carbocycles. The largest absolute Gasteiger partial charge is 0.355 e. The van der Waals surface area contributed by atoms with Crippen molar-refractivity contribution in [2.75, 3.05) is 31.1 Å². The first kappa shape index (κ1) is 14.7. The fourth-order valence-corrected chi connectivity index (χ4v) is 2.86. The van der Waals surface area contributed by atoms with Crippen molar-refractivity contribution >= 4 is 17.4 Å². The molecule has 0 bridgehead atoms. The summed E-state index contributed by atoms with van der Waals surface area (Å²) < 4.78 is 0. The quantitative estimate of drug-likeness (QED) is 0.628. The van der Waals surface area contributed by atoms with Crippen molar-refractivity contribution in [3.63, 3.8) is 0 Å². The van der Waals surface area contributed by atoms with Crippen LogP contribution in [0, 0.1) is 23.0 Å². The predicted molar refractivity (Wildman–Crippen MR) is 81.8 cm³/mol. The lowest BCUT2D eigenvalue weighted by molar-refractivity contribution is -0.385. The summed E-state index contributed by atoms with van der Waals surface area (Å²) in [6.45, 7) is 4.69. The highest BCUT2D eigenvalue weighted by atomic mass is 16.6. The fraction of sp³-hybridized carbons (Fsp3) is 0.600. The smallest absolute Gasteiger partial charge is 0.290 e. The minimum atomic E-state index is -0.412. The van der Waals surface area contributed by atoms with E-state index >= 15 is 0 Å². The number of nitrogens with zero attached hydrogens (tertiary/aromatic N) is 4. The van der Waals surface area contributed by atoms with Crippen LogP contribution >= 0.6 is 0 Å². The Morgan fingerprint density at radius 3 is 2.68 bits per heavy atom. The second kappa shape index (κ2) is 5.90. The van der Waals surface area contributed by atoms with Crippen LogP contribution in [-0.4, -0.2) is 46.9 Å². The predicted octanol–water partition coefficient (Wildman–Crippen LogP) is 1.75. The van der Waals surface area contributed by atoms with E-state index < -0.39 is 4.92 Å². The third-order valence-corrected chi connectivity index (χ3v) is 4.30. The summed E-state index contributed by atoms with van der Waals surface area (Å²) in [5, 5.41) is 10.9. The molecule has 1 aliphatic carbocycles. The highest BCUT2D eigenvalue weighted by Crippen LogP contribution is 2.31. The summed E-state index contributed by atoms with van der Waals surface area (Å²) in [5.41, 5.74) is 0.474. The van der Waals surface area contributed by atoms with E-state index in [9.17, 15) is 14.9 Å². The number of carbonyl (C=O) groups is 1. The summed E-state index contributed by atoms with van der Waals surface area (Å²) in [6, 6.07) is 3.21. The van der Waals surface area contributed by atoms with Gasteiger partial charge in [0.15, 0.2) is 0 Å². The number of aryl methyl sites for hydroxylation is 1. The number of pyridine rings is 1. The minimum Gasteiger partial charge on any atom is -0.355 e. The van der Waals surface area contributed by atoms with E-state index in [0.29, 0.717) is 12.2 Å². The molecule has 1 aromatic heterocycles. The number of amides is 1. The highest BCUT2D eigenvalue weighted by molar-refractivity contribution is 5.81. The molecule has 0 N–H and O–H groups in total. The standard InChI is InChI=1S/C15H20N4O3/c1-11-13(19(21)22)5-6-14(16-11)17-7-2-8-18(10-9-17)15(20)12-3-4-12/h5-6,12H,2-4,7-10H2,1H3. The van der Waals surface area contributed by atoms with Gasteiger partial charge in [-0.1, -0.05) is 0 Å². The van der Waals surface area contributed by atoms with Crippen LogP contribution in [0.5, 0.6) is 0 Å². The van der Waals surface area contributed by atoms with Crippen LogP contribution in [0.3, 0.4) is 0 Å². The molecule has 1 amide bonds. The van der Waals surface area contributed by atoms with Gasteiger partial charge in [0.1, 0.15) is 11.5 Å². The van der Waals surface area contributed by atoms with Gasteiger partial charge in [0.05, 0.1) is 4.92 Å². The molecule has 2 heterocycles. The first-order valence-electron chi connectivity index (χ1n) is 7.72. The molecule has 22 heavy (non-hydrogen) atoms. The number of rotatable bonds is 3. The molecule has 0 unspecified atom stereocenters. The summed E-state index contributed by atoms with van der Waals surface area (Å²) in [7, 11) is 0. The maximum absolute atomic E-state index is 12.1. The zero-order valence-corrected chi connectivity index (χ0v) is 12.7. The van der Waals surface area contributed by atoms with Crippen molar-refractivity contribution in [2.24, 2.45) is 5.92 Å². The third-order valence-electron chi connectivity index (χ3n) is 4.30. The lowest BCUT2D eigenvalue weighted by atomic mass is 10.3. The molecular weight excluding hydrogens is 284 g/mol. The number of anilines is 1. The normalized spacial score (nSPS) is 19.0. The van der Waals surface area contributed by atoms with E-state index in [4.69, 9.17) is 0 Å². The van der Waals surface area contributed by atoms with E-state index in [-0.39, 0.29) is 17.5 Å². The SMILES string of the molecule is Cc1nc(N2CCCN(C(=O)C3CC3)CC2)ccc1[N+](=O)[O-]. The summed E-state index contributed by atoms with van der Waals surface area (Å²) in [6.07, 6.45) is 2.96. The Bertz CT molecular complexity index is 600. The summed E-state index contributed by atoms with van der Waals surface area (Å²) in [5.74, 6) is 1.30. The number of hydrogen-bond donors (Lipinski definition) is 0. The number of aromatic nitrogens is 1. The molecule has 1 aromatic rings. The molecule has 0 atom stereocenters. The zero-order chi connectivity index (χ0) is 15.7. The van der Waals surface area contributed by atoms with E-state index in [0.717, 1.165) is 44.7 Å². The van der Waals surface area contributed by atoms with Crippen molar-refractivity contribution in [1.29, 1.82) is 0 Å². The van der Waals surface area contributed by atoms with Gasteiger partial charge in [-0.25, -0.2) is 4.98 Å². The van der Waals surface area contributed by atoms with Crippen molar-refractivity contribution in [3.8, 4) is 0 Å². The molecule has 2 fully saturated rings. The molecular formula is C15H20N4O3. The molecule has 1 aliphatic heterocycles. The van der Waals surface area contributed by atoms with Gasteiger partial charge in [0.25, 0.3) is 5.69 Å². The summed E-state index contributed by atoms with van der Waals surface area (Å²) >= 11 is 0. The Labute approximate surface area is 129 Å². The maximum atomic E-state index is 12.1. The van der Waals surface area contributed by atoms with Crippen LogP contribution in [0.2, 0.25) is 0 Å². The molecule has 0 aromatic carbocycles. The average molecular weight is 304 g/mol. The van der Waals surface area contributed by atoms with Crippen LogP contribution in [0.25, 0.3) is 0 Å². The maximum Gasteiger partial charge on any atom is 0.290 e. The Morgan fingerprint density at radius 1 is 1.27 bits per heavy atom. The first-order valence-corrected chi connectivity index (χ1v) is 7.72. The van der Waals surface area contributed by atoms with E-state index in [1.54, 1.807) is 13.0 Å². The second-order valence-electron chi connectivity index (χ2n) is 5.97. The Kier molecular flexibility index (Phi) is 3.96. The molecule has 0 spiro atoms. The van der Waals surface area contributed by atoms with E-state index in [1.807, 2.05) is 4.90 Å². The number of nitro groups is 1. The van der Waals surface area contributed by atoms with Crippen molar-refractivity contribution in [2.45, 2.75) is 26.2 Å². The van der Waals surface area contributed by atoms with Gasteiger partial charge in [-0.05, 0) is 32.3 Å². The lowest BCUT2D eigenvalue weighted by Gasteiger charge is -2.23. The van der Waals surface area contributed by atoms with Crippen LogP contribution in [0.1, 0.15) is 25.0 Å². The monoisotopic (exact) mass is 304 g/mol. The number of hydrogen-bond acceptors (Lipinski definition) is 5. The first-order chi connectivity index (χ1) is 10.6. The lowest BCUT2D eigenvalue weighted by Crippen LogP contribution is -2.36. The Morgan fingerprint density at radius 2 is 2.05 bits per heavy atom. The molecule has 2 aliphatic rings. The van der Waals surface area contributed by atoms with Crippen molar-refractivity contribution in [3.05, 3.63) is 27.9 Å². The van der Waals surface area contributed by atoms with Gasteiger partial charge in [-0.2, -0.15) is 0 Å². The van der Waals surface area contributed by atoms with Crippen LogP contribution in [0.4, 0.5) is 11.5 Å². The average Bonchev–Trinajstić information content (AvgIpc) is 3.32. The molecule has 3 rings (SSSR count). The van der Waals surface area contributed by atoms with Crippen LogP contribution in [-0.2, 0) is 4.79 Å². The topological polar surface area (TPSA) is 79.6 Å². The number of carbonyl (C=O) groups excluding carboxylic acids is 1. The third kappa shape index (κ3) is 3.03. The van der Waals surface area contributed by atoms with E-state index in [2.05, 4.69) is 9.88 Å².